The van der Waals surface area contributed by atoms with Crippen molar-refractivity contribution in [3.63, 3.8) is 0 Å². The van der Waals surface area contributed by atoms with Gasteiger partial charge in [0.05, 0.1) is 11.1 Å². The summed E-state index contributed by atoms with van der Waals surface area (Å²) in [5, 5.41) is 20.6. The number of unbranched alkanes of at least 4 members (excludes halogenated alkanes) is 1. The number of hydrogen-bond donors (Lipinski definition) is 2. The topological polar surface area (TPSA) is 66.1 Å². The van der Waals surface area contributed by atoms with Crippen molar-refractivity contribution in [3.05, 3.63) is 81.7 Å². The molecule has 4 heteroatoms. The Kier molecular flexibility index (Phi) is 8.16. The molecule has 0 radical (unpaired) electrons. The van der Waals surface area contributed by atoms with Crippen LogP contribution in [-0.2, 0) is 17.8 Å². The third-order valence-corrected chi connectivity index (χ3v) is 6.64. The second-order valence-electron chi connectivity index (χ2n) is 8.97. The van der Waals surface area contributed by atoms with Crippen LogP contribution < -0.4 is 0 Å². The zero-order valence-electron chi connectivity index (χ0n) is 22.2. The monoisotopic (exact) mass is 470 g/mol. The Hall–Kier alpha value is -3.40. The Labute approximate surface area is 209 Å². The van der Waals surface area contributed by atoms with Crippen LogP contribution >= 0.6 is 0 Å². The summed E-state index contributed by atoms with van der Waals surface area (Å²) in [5.74, 6) is -0.183. The van der Waals surface area contributed by atoms with E-state index in [0.29, 0.717) is 11.1 Å². The largest absolute Gasteiger partial charge is 0.506 e. The number of aromatic nitrogens is 1. The molecule has 0 aliphatic heterocycles. The number of nitrogens with one attached hydrogen (secondary N) is 1. The maximum atomic E-state index is 13.6. The summed E-state index contributed by atoms with van der Waals surface area (Å²) in [7, 11) is 0. The van der Waals surface area contributed by atoms with Gasteiger partial charge in [0.15, 0.2) is 0 Å². The van der Waals surface area contributed by atoms with Gasteiger partial charge in [-0.3, -0.25) is 4.79 Å². The number of allylic oxidation sites excluding steroid dienone is 3. The van der Waals surface area contributed by atoms with Gasteiger partial charge in [0.2, 0.25) is 5.78 Å². The Bertz CT molecular complexity index is 1350. The molecule has 1 heterocycles. The second kappa shape index (κ2) is 10.9. The van der Waals surface area contributed by atoms with Crippen LogP contribution in [-0.4, -0.2) is 21.2 Å². The Morgan fingerprint density at radius 1 is 1.06 bits per heavy atom. The number of carbonyl (C=O) groups is 1. The van der Waals surface area contributed by atoms with Gasteiger partial charge in [-0.2, -0.15) is 0 Å². The molecular formula is C31H38N2O2. The van der Waals surface area contributed by atoms with Crippen LogP contribution in [0.5, 0.6) is 0 Å². The molecule has 0 bridgehead atoms. The van der Waals surface area contributed by atoms with E-state index in [1.807, 2.05) is 52.0 Å². The fraction of sp³-hybridized carbons (Fsp3) is 0.355. The highest BCUT2D eigenvalue weighted by Gasteiger charge is 2.40. The molecule has 1 aromatic heterocycles. The van der Waals surface area contributed by atoms with Crippen LogP contribution in [0.4, 0.5) is 0 Å². The van der Waals surface area contributed by atoms with E-state index in [-0.39, 0.29) is 22.8 Å². The zero-order valence-corrected chi connectivity index (χ0v) is 22.2. The highest BCUT2D eigenvalue weighted by Crippen LogP contribution is 2.45. The molecule has 0 atom stereocenters. The molecule has 184 valence electrons. The smallest absolute Gasteiger partial charge is 0.201 e. The van der Waals surface area contributed by atoms with Crippen molar-refractivity contribution >= 4 is 33.5 Å². The number of benzene rings is 2. The van der Waals surface area contributed by atoms with Crippen molar-refractivity contribution in [1.29, 1.82) is 5.41 Å². The fourth-order valence-corrected chi connectivity index (χ4v) is 4.88. The quantitative estimate of drug-likeness (QED) is 0.271. The minimum atomic E-state index is -0.185. The third-order valence-electron chi connectivity index (χ3n) is 6.64. The number of ketones is 1. The van der Waals surface area contributed by atoms with Crippen molar-refractivity contribution in [2.45, 2.75) is 74.3 Å². The van der Waals surface area contributed by atoms with Gasteiger partial charge in [-0.25, -0.2) is 0 Å². The van der Waals surface area contributed by atoms with E-state index in [9.17, 15) is 9.90 Å². The number of carbonyl (C=O) groups excluding carboxylic acids is 1. The van der Waals surface area contributed by atoms with Gasteiger partial charge in [0, 0.05) is 40.0 Å². The van der Waals surface area contributed by atoms with Crippen LogP contribution in [0.15, 0.2) is 53.8 Å². The Morgan fingerprint density at radius 3 is 2.34 bits per heavy atom. The highest BCUT2D eigenvalue weighted by atomic mass is 16.3. The summed E-state index contributed by atoms with van der Waals surface area (Å²) in [6.07, 6.45) is 3.04. The van der Waals surface area contributed by atoms with Crippen LogP contribution in [0.1, 0.15) is 75.4 Å². The average molecular weight is 471 g/mol. The molecule has 35 heavy (non-hydrogen) atoms. The van der Waals surface area contributed by atoms with E-state index in [2.05, 4.69) is 36.6 Å². The predicted octanol–water partition coefficient (Wildman–Crippen LogP) is 7.99. The molecule has 4 rings (SSSR count). The fourth-order valence-electron chi connectivity index (χ4n) is 4.88. The summed E-state index contributed by atoms with van der Waals surface area (Å²) in [4.78, 5) is 13.6. The van der Waals surface area contributed by atoms with Crippen LogP contribution in [0, 0.1) is 19.3 Å². The van der Waals surface area contributed by atoms with E-state index >= 15 is 0 Å². The maximum absolute atomic E-state index is 13.6. The van der Waals surface area contributed by atoms with E-state index in [4.69, 9.17) is 5.41 Å². The number of aliphatic hydroxyl groups is 1. The molecule has 0 saturated carbocycles. The molecule has 2 aromatic carbocycles. The number of Topliss-reactive ketones (excluding diaryl/α,β-unsaturated/α-hetero) is 1. The summed E-state index contributed by atoms with van der Waals surface area (Å²) in [6.45, 7) is 14.9. The number of aliphatic hydroxyl groups excluding tert-OH is 1. The van der Waals surface area contributed by atoms with Gasteiger partial charge >= 0.3 is 0 Å². The van der Waals surface area contributed by atoms with Gasteiger partial charge in [0.1, 0.15) is 5.76 Å². The van der Waals surface area contributed by atoms with Gasteiger partial charge in [-0.1, -0.05) is 70.0 Å². The SMILES string of the molecule is CC.CCCCn1c(C)c(C2=C(O)/C(=C(/C(C)=N)c3cccc(C)c3)C2=O)c2cc(CC)ccc21. The first-order chi connectivity index (χ1) is 16.8. The average Bonchev–Trinajstić information content (AvgIpc) is 3.12. The number of nitrogens with zero attached hydrogens (tertiary/aromatic N) is 1. The maximum Gasteiger partial charge on any atom is 0.201 e. The number of rotatable bonds is 7. The van der Waals surface area contributed by atoms with E-state index in [1.165, 1.54) is 5.56 Å². The molecule has 2 N–H and O–H groups in total. The molecule has 1 aliphatic rings. The number of aryl methyl sites for hydroxylation is 3. The normalized spacial score (nSPS) is 14.5. The summed E-state index contributed by atoms with van der Waals surface area (Å²) >= 11 is 0. The van der Waals surface area contributed by atoms with Crippen LogP contribution in [0.3, 0.4) is 0 Å². The molecule has 0 unspecified atom stereocenters. The lowest BCUT2D eigenvalue weighted by Crippen LogP contribution is -2.24. The van der Waals surface area contributed by atoms with Crippen molar-refractivity contribution in [3.8, 4) is 0 Å². The summed E-state index contributed by atoms with van der Waals surface area (Å²) in [6, 6.07) is 14.2. The van der Waals surface area contributed by atoms with E-state index in [0.717, 1.165) is 59.1 Å². The first kappa shape index (κ1) is 26.2. The van der Waals surface area contributed by atoms with Crippen molar-refractivity contribution in [1.82, 2.24) is 4.57 Å². The first-order valence-electron chi connectivity index (χ1n) is 12.8. The molecular weight excluding hydrogens is 432 g/mol. The second-order valence-corrected chi connectivity index (χ2v) is 8.97. The number of fused-ring (bicyclic) bond motifs is 1. The van der Waals surface area contributed by atoms with Gasteiger partial charge in [-0.05, 0) is 56.9 Å². The molecule has 1 aliphatic carbocycles. The molecule has 4 nitrogen and oxygen atoms in total. The highest BCUT2D eigenvalue weighted by molar-refractivity contribution is 6.46. The molecule has 0 fully saturated rings. The predicted molar refractivity (Wildman–Crippen MR) is 148 cm³/mol. The third kappa shape index (κ3) is 4.62. The van der Waals surface area contributed by atoms with Gasteiger partial charge in [-0.15, -0.1) is 0 Å². The van der Waals surface area contributed by atoms with Crippen molar-refractivity contribution in [2.75, 3.05) is 0 Å². The van der Waals surface area contributed by atoms with Crippen molar-refractivity contribution < 1.29 is 9.90 Å². The van der Waals surface area contributed by atoms with E-state index in [1.54, 1.807) is 6.92 Å². The molecule has 0 amide bonds. The lowest BCUT2D eigenvalue weighted by Gasteiger charge is -2.25. The molecule has 0 saturated heterocycles. The van der Waals surface area contributed by atoms with Crippen molar-refractivity contribution in [2.24, 2.45) is 0 Å². The standard InChI is InChI=1S/C29H32N2O2.C2H6/c1-6-8-14-31-19(5)25(22-16-20(7-2)12-13-23(22)31)27-28(32)26(29(27)33)24(18(4)30)21-11-9-10-17(3)15-21;1-2/h9-13,15-16,30,32H,6-8,14H2,1-5H3;1-2H3/b26-24+,30-18?;. The van der Waals surface area contributed by atoms with E-state index < -0.39 is 0 Å². The zero-order chi connectivity index (χ0) is 25.9. The molecule has 3 aromatic rings. The van der Waals surface area contributed by atoms with Gasteiger partial charge < -0.3 is 15.1 Å². The minimum Gasteiger partial charge on any atom is -0.506 e. The minimum absolute atomic E-state index is 0.00245. The Morgan fingerprint density at radius 2 is 1.77 bits per heavy atom. The lowest BCUT2D eigenvalue weighted by atomic mass is 9.77. The number of hydrogen-bond acceptors (Lipinski definition) is 3. The molecule has 0 spiro atoms. The van der Waals surface area contributed by atoms with Crippen LogP contribution in [0.25, 0.3) is 22.0 Å². The van der Waals surface area contributed by atoms with Gasteiger partial charge in [0.25, 0.3) is 0 Å². The summed E-state index contributed by atoms with van der Waals surface area (Å²) < 4.78 is 2.27. The Balaban J connectivity index is 0.00000167. The first-order valence-corrected chi connectivity index (χ1v) is 12.8. The lowest BCUT2D eigenvalue weighted by molar-refractivity contribution is -0.111. The summed E-state index contributed by atoms with van der Waals surface area (Å²) in [5.41, 5.74) is 7.37. The van der Waals surface area contributed by atoms with Crippen LogP contribution in [0.2, 0.25) is 0 Å².